The van der Waals surface area contributed by atoms with E-state index in [0.29, 0.717) is 18.9 Å². The summed E-state index contributed by atoms with van der Waals surface area (Å²) in [5.74, 6) is 0.0332. The van der Waals surface area contributed by atoms with Gasteiger partial charge in [0.05, 0.1) is 6.04 Å². The molecule has 0 aromatic carbocycles. The van der Waals surface area contributed by atoms with Gasteiger partial charge in [-0.1, -0.05) is 0 Å². The summed E-state index contributed by atoms with van der Waals surface area (Å²) in [5, 5.41) is 5.80. The van der Waals surface area contributed by atoms with Gasteiger partial charge in [0.25, 0.3) is 0 Å². The molecule has 14 heavy (non-hydrogen) atoms. The second kappa shape index (κ2) is 3.57. The van der Waals surface area contributed by atoms with Crippen molar-refractivity contribution in [2.45, 2.75) is 24.9 Å². The Hall–Kier alpha value is -1.10. The van der Waals surface area contributed by atoms with Gasteiger partial charge in [0, 0.05) is 26.6 Å². The molecule has 2 fully saturated rings. The maximum Gasteiger partial charge on any atom is 0.245 e. The number of nitrogens with zero attached hydrogens (tertiary/aromatic N) is 1. The monoisotopic (exact) mass is 197 g/mol. The maximum atomic E-state index is 11.8. The van der Waals surface area contributed by atoms with Crippen molar-refractivity contribution < 1.29 is 9.59 Å². The van der Waals surface area contributed by atoms with Gasteiger partial charge < -0.3 is 15.5 Å². The lowest BCUT2D eigenvalue weighted by Gasteiger charge is -2.36. The number of hydrogen-bond donors (Lipinski definition) is 2. The molecule has 2 N–H and O–H groups in total. The molecule has 0 aromatic heterocycles. The van der Waals surface area contributed by atoms with Crippen LogP contribution in [0, 0.1) is 0 Å². The Kier molecular flexibility index (Phi) is 2.41. The minimum atomic E-state index is -0.284. The Bertz CT molecular complexity index is 263. The van der Waals surface area contributed by atoms with E-state index in [1.165, 1.54) is 0 Å². The maximum absolute atomic E-state index is 11.8. The highest BCUT2D eigenvalue weighted by atomic mass is 16.2. The third-order valence-electron chi connectivity index (χ3n) is 2.95. The number of carbonyl (C=O) groups is 2. The van der Waals surface area contributed by atoms with Crippen LogP contribution in [-0.2, 0) is 9.59 Å². The van der Waals surface area contributed by atoms with Crippen LogP contribution in [0.15, 0.2) is 0 Å². The van der Waals surface area contributed by atoms with Crippen LogP contribution in [0.3, 0.4) is 0 Å². The summed E-state index contributed by atoms with van der Waals surface area (Å²) in [6.07, 6.45) is 1.12. The van der Waals surface area contributed by atoms with Crippen LogP contribution in [0.2, 0.25) is 0 Å². The van der Waals surface area contributed by atoms with Crippen LogP contribution in [0.5, 0.6) is 0 Å². The van der Waals surface area contributed by atoms with Gasteiger partial charge in [-0.05, 0) is 6.42 Å². The van der Waals surface area contributed by atoms with E-state index in [2.05, 4.69) is 10.6 Å². The predicted octanol–water partition coefficient (Wildman–Crippen LogP) is -1.30. The molecule has 0 spiro atoms. The number of nitrogens with one attached hydrogen (secondary N) is 2. The van der Waals surface area contributed by atoms with E-state index in [-0.39, 0.29) is 17.9 Å². The first-order valence-electron chi connectivity index (χ1n) is 4.95. The number of hydrogen-bond acceptors (Lipinski definition) is 3. The van der Waals surface area contributed by atoms with Gasteiger partial charge in [0.2, 0.25) is 11.8 Å². The molecule has 1 unspecified atom stereocenters. The average molecular weight is 197 g/mol. The third kappa shape index (κ3) is 1.59. The van der Waals surface area contributed by atoms with Gasteiger partial charge in [-0.2, -0.15) is 0 Å². The van der Waals surface area contributed by atoms with E-state index < -0.39 is 0 Å². The first-order chi connectivity index (χ1) is 6.68. The van der Waals surface area contributed by atoms with Crippen LogP contribution in [-0.4, -0.2) is 48.9 Å². The lowest BCUT2D eigenvalue weighted by atomic mass is 10.1. The fraction of sp³-hybridized carbons (Fsp3) is 0.778. The van der Waals surface area contributed by atoms with Crippen LogP contribution in [0.4, 0.5) is 0 Å². The number of rotatable bonds is 2. The Labute approximate surface area is 82.8 Å². The summed E-state index contributed by atoms with van der Waals surface area (Å²) >= 11 is 0. The fourth-order valence-corrected chi connectivity index (χ4v) is 1.77. The Morgan fingerprint density at radius 3 is 2.64 bits per heavy atom. The summed E-state index contributed by atoms with van der Waals surface area (Å²) in [5.41, 5.74) is 0. The molecule has 2 aliphatic rings. The molecule has 1 atom stereocenters. The molecule has 0 saturated carbocycles. The molecule has 2 saturated heterocycles. The van der Waals surface area contributed by atoms with Crippen molar-refractivity contribution in [1.29, 1.82) is 0 Å². The van der Waals surface area contributed by atoms with Gasteiger partial charge in [-0.3, -0.25) is 9.59 Å². The molecule has 2 aliphatic heterocycles. The van der Waals surface area contributed by atoms with E-state index in [9.17, 15) is 9.59 Å². The van der Waals surface area contributed by atoms with E-state index in [1.807, 2.05) is 0 Å². The van der Waals surface area contributed by atoms with E-state index in [4.69, 9.17) is 0 Å². The van der Waals surface area contributed by atoms with Crippen LogP contribution < -0.4 is 10.6 Å². The minimum Gasteiger partial charge on any atom is -0.344 e. The normalized spacial score (nSPS) is 26.9. The van der Waals surface area contributed by atoms with Crippen LogP contribution in [0.1, 0.15) is 12.8 Å². The fourth-order valence-electron chi connectivity index (χ4n) is 1.77. The SMILES string of the molecule is CN(C(=O)C1CCC(=O)N1)C1CNC1. The topological polar surface area (TPSA) is 61.4 Å². The van der Waals surface area contributed by atoms with Crippen molar-refractivity contribution in [2.75, 3.05) is 20.1 Å². The average Bonchev–Trinajstić information content (AvgIpc) is 2.47. The van der Waals surface area contributed by atoms with Gasteiger partial charge in [0.15, 0.2) is 0 Å². The summed E-state index contributed by atoms with van der Waals surface area (Å²) in [4.78, 5) is 24.5. The molecule has 5 nitrogen and oxygen atoms in total. The van der Waals surface area contributed by atoms with Crippen molar-refractivity contribution in [3.63, 3.8) is 0 Å². The highest BCUT2D eigenvalue weighted by Gasteiger charge is 2.33. The van der Waals surface area contributed by atoms with E-state index in [0.717, 1.165) is 13.1 Å². The molecule has 2 amide bonds. The zero-order chi connectivity index (χ0) is 10.1. The van der Waals surface area contributed by atoms with Crippen LogP contribution >= 0.6 is 0 Å². The molecule has 0 aromatic rings. The van der Waals surface area contributed by atoms with E-state index >= 15 is 0 Å². The molecule has 2 rings (SSSR count). The zero-order valence-corrected chi connectivity index (χ0v) is 8.25. The molecular weight excluding hydrogens is 182 g/mol. The molecule has 2 heterocycles. The Morgan fingerprint density at radius 1 is 1.50 bits per heavy atom. The highest BCUT2D eigenvalue weighted by Crippen LogP contribution is 2.12. The summed E-state index contributed by atoms with van der Waals surface area (Å²) in [6, 6.07) is 0.0214. The molecule has 5 heteroatoms. The second-order valence-corrected chi connectivity index (χ2v) is 3.92. The van der Waals surface area contributed by atoms with Crippen molar-refractivity contribution in [3.8, 4) is 0 Å². The summed E-state index contributed by atoms with van der Waals surface area (Å²) < 4.78 is 0. The van der Waals surface area contributed by atoms with Crippen molar-refractivity contribution >= 4 is 11.8 Å². The summed E-state index contributed by atoms with van der Waals surface area (Å²) in [6.45, 7) is 1.73. The highest BCUT2D eigenvalue weighted by molar-refractivity contribution is 5.90. The molecule has 0 aliphatic carbocycles. The number of likely N-dealkylation sites (N-methyl/N-ethyl adjacent to an activating group) is 1. The van der Waals surface area contributed by atoms with Gasteiger partial charge in [0.1, 0.15) is 6.04 Å². The molecule has 78 valence electrons. The molecule has 0 radical (unpaired) electrons. The van der Waals surface area contributed by atoms with Gasteiger partial charge in [-0.25, -0.2) is 0 Å². The third-order valence-corrected chi connectivity index (χ3v) is 2.95. The molecular formula is C9H15N3O2. The van der Waals surface area contributed by atoms with Crippen LogP contribution in [0.25, 0.3) is 0 Å². The largest absolute Gasteiger partial charge is 0.344 e. The predicted molar refractivity (Wildman–Crippen MR) is 50.6 cm³/mol. The number of amides is 2. The van der Waals surface area contributed by atoms with Crippen molar-refractivity contribution in [3.05, 3.63) is 0 Å². The Morgan fingerprint density at radius 2 is 2.21 bits per heavy atom. The standard InChI is InChI=1S/C9H15N3O2/c1-12(6-4-10-5-6)9(14)7-2-3-8(13)11-7/h6-7,10H,2-5H2,1H3,(H,11,13). The second-order valence-electron chi connectivity index (χ2n) is 3.92. The van der Waals surface area contributed by atoms with Gasteiger partial charge in [-0.15, -0.1) is 0 Å². The lowest BCUT2D eigenvalue weighted by molar-refractivity contribution is -0.135. The summed E-state index contributed by atoms with van der Waals surface area (Å²) in [7, 11) is 1.80. The minimum absolute atomic E-state index is 0.0107. The Balaban J connectivity index is 1.90. The smallest absolute Gasteiger partial charge is 0.245 e. The zero-order valence-electron chi connectivity index (χ0n) is 8.25. The first-order valence-corrected chi connectivity index (χ1v) is 4.95. The van der Waals surface area contributed by atoms with Gasteiger partial charge >= 0.3 is 0 Å². The van der Waals surface area contributed by atoms with E-state index in [1.54, 1.807) is 11.9 Å². The van der Waals surface area contributed by atoms with Crippen molar-refractivity contribution in [2.24, 2.45) is 0 Å². The molecule has 0 bridgehead atoms. The lowest BCUT2D eigenvalue weighted by Crippen LogP contribution is -2.60. The first kappa shape index (κ1) is 9.45. The quantitative estimate of drug-likeness (QED) is 0.578. The number of carbonyl (C=O) groups excluding carboxylic acids is 2. The van der Waals surface area contributed by atoms with Crippen molar-refractivity contribution in [1.82, 2.24) is 15.5 Å².